The first-order chi connectivity index (χ1) is 12.4. The fourth-order valence-electron chi connectivity index (χ4n) is 3.50. The molecule has 2 fully saturated rings. The van der Waals surface area contributed by atoms with E-state index in [0.717, 1.165) is 48.5 Å². The smallest absolute Gasteiger partial charge is 0.178 e. The Labute approximate surface area is 150 Å². The molecule has 1 saturated carbocycles. The highest BCUT2D eigenvalue weighted by molar-refractivity contribution is 7.09. The molecule has 2 aliphatic rings. The van der Waals surface area contributed by atoms with E-state index >= 15 is 0 Å². The average Bonchev–Trinajstić information content (AvgIpc) is 3.18. The third-order valence-electron chi connectivity index (χ3n) is 5.22. The van der Waals surface area contributed by atoms with Crippen molar-refractivity contribution in [1.82, 2.24) is 30.1 Å². The molecule has 7 nitrogen and oxygen atoms in total. The summed E-state index contributed by atoms with van der Waals surface area (Å²) in [6.45, 7) is 3.98. The van der Waals surface area contributed by atoms with Crippen LogP contribution in [0.1, 0.15) is 36.0 Å². The minimum Gasteiger partial charge on any atom is -0.354 e. The predicted octanol–water partition coefficient (Wildman–Crippen LogP) is 2.07. The van der Waals surface area contributed by atoms with Crippen LogP contribution in [0.15, 0.2) is 23.7 Å². The Morgan fingerprint density at radius 3 is 2.88 bits per heavy atom. The van der Waals surface area contributed by atoms with Crippen molar-refractivity contribution in [2.75, 3.05) is 24.5 Å². The van der Waals surface area contributed by atoms with E-state index in [0.29, 0.717) is 11.8 Å². The van der Waals surface area contributed by atoms with Gasteiger partial charge in [0.05, 0.1) is 0 Å². The summed E-state index contributed by atoms with van der Waals surface area (Å²) in [5.41, 5.74) is 0.854. The molecule has 0 bridgehead atoms. The summed E-state index contributed by atoms with van der Waals surface area (Å²) in [6.07, 6.45) is 5.57. The number of nitrogens with zero attached hydrogens (tertiary/aromatic N) is 6. The van der Waals surface area contributed by atoms with Crippen LogP contribution in [0.5, 0.6) is 0 Å². The summed E-state index contributed by atoms with van der Waals surface area (Å²) >= 11 is 1.70. The van der Waals surface area contributed by atoms with Crippen LogP contribution in [0.3, 0.4) is 0 Å². The summed E-state index contributed by atoms with van der Waals surface area (Å²) in [4.78, 5) is 6.63. The van der Waals surface area contributed by atoms with Crippen LogP contribution in [0, 0.1) is 5.92 Å². The number of fused-ring (bicyclic) bond motifs is 1. The average molecular weight is 355 g/mol. The van der Waals surface area contributed by atoms with Crippen LogP contribution in [-0.4, -0.2) is 44.4 Å². The van der Waals surface area contributed by atoms with Gasteiger partial charge in [0.25, 0.3) is 0 Å². The van der Waals surface area contributed by atoms with E-state index in [1.54, 1.807) is 11.3 Å². The van der Waals surface area contributed by atoms with Crippen LogP contribution in [0.2, 0.25) is 0 Å². The molecule has 4 heterocycles. The largest absolute Gasteiger partial charge is 0.354 e. The molecule has 3 aromatic rings. The third-order valence-corrected chi connectivity index (χ3v) is 6.00. The first-order valence-electron chi connectivity index (χ1n) is 8.93. The number of hydrogen-bond donors (Lipinski definition) is 1. The number of thiazole rings is 1. The maximum Gasteiger partial charge on any atom is 0.178 e. The predicted molar refractivity (Wildman–Crippen MR) is 96.9 cm³/mol. The Morgan fingerprint density at radius 1 is 1.20 bits per heavy atom. The molecule has 130 valence electrons. The van der Waals surface area contributed by atoms with Crippen LogP contribution in [0.25, 0.3) is 5.65 Å². The van der Waals surface area contributed by atoms with Crippen LogP contribution < -0.4 is 10.2 Å². The molecular weight excluding hydrogens is 334 g/mol. The van der Waals surface area contributed by atoms with Crippen molar-refractivity contribution in [2.24, 2.45) is 5.92 Å². The zero-order valence-corrected chi connectivity index (χ0v) is 14.8. The highest BCUT2D eigenvalue weighted by Crippen LogP contribution is 2.35. The van der Waals surface area contributed by atoms with Gasteiger partial charge in [0.1, 0.15) is 10.8 Å². The number of anilines is 1. The molecule has 1 N–H and O–H groups in total. The SMILES string of the molecule is c1csc(CNCC2CN(c3ccc4nnc(C5CCC5)n4n3)C2)n1. The molecule has 1 aliphatic heterocycles. The van der Waals surface area contributed by atoms with Gasteiger partial charge >= 0.3 is 0 Å². The van der Waals surface area contributed by atoms with Gasteiger partial charge in [0.15, 0.2) is 11.5 Å². The molecule has 5 rings (SSSR count). The van der Waals surface area contributed by atoms with Crippen molar-refractivity contribution in [2.45, 2.75) is 31.7 Å². The third kappa shape index (κ3) is 2.89. The standard InChI is InChI=1S/C17H21N7S/c1-2-13(3-1)17-21-20-14-4-5-15(22-24(14)17)23-10-12(11-23)8-18-9-16-19-6-7-25-16/h4-7,12-13,18H,1-3,8-11H2. The van der Waals surface area contributed by atoms with Crippen LogP contribution in [-0.2, 0) is 6.54 Å². The Kier molecular flexibility index (Phi) is 3.86. The second-order valence-corrected chi connectivity index (χ2v) is 7.95. The van der Waals surface area contributed by atoms with Crippen molar-refractivity contribution < 1.29 is 0 Å². The van der Waals surface area contributed by atoms with Crippen molar-refractivity contribution in [1.29, 1.82) is 0 Å². The van der Waals surface area contributed by atoms with E-state index in [4.69, 9.17) is 5.10 Å². The van der Waals surface area contributed by atoms with Gasteiger partial charge in [-0.1, -0.05) is 6.42 Å². The minimum atomic E-state index is 0.539. The Balaban J connectivity index is 1.20. The fraction of sp³-hybridized carbons (Fsp3) is 0.529. The van der Waals surface area contributed by atoms with Crippen molar-refractivity contribution >= 4 is 22.8 Å². The van der Waals surface area contributed by atoms with E-state index < -0.39 is 0 Å². The second-order valence-electron chi connectivity index (χ2n) is 6.98. The van der Waals surface area contributed by atoms with Crippen molar-refractivity contribution in [3.05, 3.63) is 34.5 Å². The topological polar surface area (TPSA) is 71.2 Å². The minimum absolute atomic E-state index is 0.539. The molecule has 0 atom stereocenters. The molecule has 0 aromatic carbocycles. The van der Waals surface area contributed by atoms with E-state index in [2.05, 4.69) is 31.5 Å². The molecule has 0 radical (unpaired) electrons. The Bertz CT molecular complexity index is 849. The highest BCUT2D eigenvalue weighted by Gasteiger charge is 2.29. The lowest BCUT2D eigenvalue weighted by atomic mass is 9.85. The molecule has 8 heteroatoms. The number of rotatable bonds is 6. The Hall–Kier alpha value is -2.06. The first kappa shape index (κ1) is 15.2. The van der Waals surface area contributed by atoms with Crippen LogP contribution in [0.4, 0.5) is 5.82 Å². The summed E-state index contributed by atoms with van der Waals surface area (Å²) in [5.74, 6) is 3.27. The van der Waals surface area contributed by atoms with Gasteiger partial charge in [-0.3, -0.25) is 0 Å². The van der Waals surface area contributed by atoms with Gasteiger partial charge in [0.2, 0.25) is 0 Å². The van der Waals surface area contributed by atoms with E-state index in [1.807, 2.05) is 22.2 Å². The maximum absolute atomic E-state index is 4.80. The lowest BCUT2D eigenvalue weighted by molar-refractivity contribution is 0.378. The zero-order chi connectivity index (χ0) is 16.6. The van der Waals surface area contributed by atoms with Crippen LogP contribution >= 0.6 is 11.3 Å². The van der Waals surface area contributed by atoms with Gasteiger partial charge < -0.3 is 10.2 Å². The summed E-state index contributed by atoms with van der Waals surface area (Å²) < 4.78 is 1.95. The fourth-order valence-corrected chi connectivity index (χ4v) is 4.08. The van der Waals surface area contributed by atoms with Gasteiger partial charge in [-0.2, -0.15) is 4.52 Å². The summed E-state index contributed by atoms with van der Waals surface area (Å²) in [7, 11) is 0. The van der Waals surface area contributed by atoms with E-state index in [9.17, 15) is 0 Å². The van der Waals surface area contributed by atoms with E-state index in [-0.39, 0.29) is 0 Å². The lowest BCUT2D eigenvalue weighted by Gasteiger charge is -2.40. The van der Waals surface area contributed by atoms with Gasteiger partial charge in [-0.05, 0) is 25.0 Å². The van der Waals surface area contributed by atoms with Crippen molar-refractivity contribution in [3.8, 4) is 0 Å². The van der Waals surface area contributed by atoms with Gasteiger partial charge in [0, 0.05) is 49.6 Å². The molecule has 0 unspecified atom stereocenters. The molecule has 0 spiro atoms. The second kappa shape index (κ2) is 6.34. The molecule has 3 aromatic heterocycles. The molecular formula is C17H21N7S. The zero-order valence-electron chi connectivity index (χ0n) is 14.0. The van der Waals surface area contributed by atoms with Gasteiger partial charge in [-0.15, -0.1) is 26.6 Å². The quantitative estimate of drug-likeness (QED) is 0.730. The highest BCUT2D eigenvalue weighted by atomic mass is 32.1. The molecule has 1 aliphatic carbocycles. The lowest BCUT2D eigenvalue weighted by Crippen LogP contribution is -2.51. The Morgan fingerprint density at radius 2 is 2.12 bits per heavy atom. The van der Waals surface area contributed by atoms with Gasteiger partial charge in [-0.25, -0.2) is 4.98 Å². The first-order valence-corrected chi connectivity index (χ1v) is 9.81. The van der Waals surface area contributed by atoms with Crippen molar-refractivity contribution in [3.63, 3.8) is 0 Å². The molecule has 25 heavy (non-hydrogen) atoms. The molecule has 0 amide bonds. The monoisotopic (exact) mass is 355 g/mol. The summed E-state index contributed by atoms with van der Waals surface area (Å²) in [6, 6.07) is 4.10. The maximum atomic E-state index is 4.80. The van der Waals surface area contributed by atoms with E-state index in [1.165, 1.54) is 19.3 Å². The normalized spacial score (nSPS) is 18.5. The summed E-state index contributed by atoms with van der Waals surface area (Å²) in [5, 5.41) is 20.1. The molecule has 1 saturated heterocycles. The number of aromatic nitrogens is 5. The number of nitrogens with one attached hydrogen (secondary N) is 1. The number of hydrogen-bond acceptors (Lipinski definition) is 7.